The number of fused-ring (bicyclic) bond motifs is 1. The number of allylic oxidation sites excluding steroid dienone is 1. The molecule has 2 aromatic rings. The number of benzene rings is 1. The number of nitrogens with one attached hydrogen (secondary N) is 1. The van der Waals surface area contributed by atoms with Crippen LogP contribution in [-0.2, 0) is 6.42 Å². The fourth-order valence-electron chi connectivity index (χ4n) is 2.15. The predicted molar refractivity (Wildman–Crippen MR) is 66.2 cm³/mol. The molecule has 0 atom stereocenters. The maximum atomic E-state index is 6.02. The fraction of sp³-hybridized carbons (Fsp3) is 0.154. The molecule has 0 bridgehead atoms. The SMILES string of the molecule is Clc1ccc2c(c1)C(=Cc1cnc[nH]1)CC2. The number of aryl methyl sites for hydroxylation is 1. The van der Waals surface area contributed by atoms with Crippen LogP contribution in [0.1, 0.15) is 23.2 Å². The van der Waals surface area contributed by atoms with E-state index >= 15 is 0 Å². The van der Waals surface area contributed by atoms with E-state index in [9.17, 15) is 0 Å². The number of aromatic amines is 1. The van der Waals surface area contributed by atoms with Crippen LogP contribution in [0.25, 0.3) is 11.6 Å². The van der Waals surface area contributed by atoms with E-state index in [0.29, 0.717) is 0 Å². The van der Waals surface area contributed by atoms with Crippen molar-refractivity contribution in [3.8, 4) is 0 Å². The minimum atomic E-state index is 0.802. The van der Waals surface area contributed by atoms with Gasteiger partial charge in [-0.05, 0) is 47.8 Å². The maximum Gasteiger partial charge on any atom is 0.0924 e. The Morgan fingerprint density at radius 3 is 3.06 bits per heavy atom. The summed E-state index contributed by atoms with van der Waals surface area (Å²) in [5.74, 6) is 0. The van der Waals surface area contributed by atoms with Gasteiger partial charge in [-0.15, -0.1) is 0 Å². The molecule has 0 saturated heterocycles. The average Bonchev–Trinajstić information content (AvgIpc) is 2.90. The third-order valence-electron chi connectivity index (χ3n) is 2.93. The van der Waals surface area contributed by atoms with Gasteiger partial charge >= 0.3 is 0 Å². The number of nitrogens with zero attached hydrogens (tertiary/aromatic N) is 1. The number of aromatic nitrogens is 2. The van der Waals surface area contributed by atoms with Gasteiger partial charge in [0.15, 0.2) is 0 Å². The Hall–Kier alpha value is -1.54. The van der Waals surface area contributed by atoms with Gasteiger partial charge in [0.05, 0.1) is 18.2 Å². The molecule has 0 fully saturated rings. The predicted octanol–water partition coefficient (Wildman–Crippen LogP) is 3.55. The first-order valence-electron chi connectivity index (χ1n) is 5.31. The van der Waals surface area contributed by atoms with Gasteiger partial charge in [-0.3, -0.25) is 0 Å². The standard InChI is InChI=1S/C13H11ClN2/c14-11-4-3-9-1-2-10(13(9)6-11)5-12-7-15-8-16-12/h3-8H,1-2H2,(H,15,16). The van der Waals surface area contributed by atoms with E-state index < -0.39 is 0 Å². The summed E-state index contributed by atoms with van der Waals surface area (Å²) >= 11 is 6.02. The molecule has 0 radical (unpaired) electrons. The first-order chi connectivity index (χ1) is 7.83. The molecule has 1 aliphatic carbocycles. The third kappa shape index (κ3) is 1.65. The Balaban J connectivity index is 2.05. The summed E-state index contributed by atoms with van der Waals surface area (Å²) in [6.45, 7) is 0. The number of halogens is 1. The number of hydrogen-bond acceptors (Lipinski definition) is 1. The zero-order chi connectivity index (χ0) is 11.0. The number of hydrogen-bond donors (Lipinski definition) is 1. The van der Waals surface area contributed by atoms with Crippen LogP contribution in [0.15, 0.2) is 30.7 Å². The highest BCUT2D eigenvalue weighted by Crippen LogP contribution is 2.34. The van der Waals surface area contributed by atoms with Crippen molar-refractivity contribution in [3.63, 3.8) is 0 Å². The molecule has 0 amide bonds. The van der Waals surface area contributed by atoms with Crippen LogP contribution in [0.5, 0.6) is 0 Å². The van der Waals surface area contributed by atoms with E-state index in [2.05, 4.69) is 22.1 Å². The van der Waals surface area contributed by atoms with Crippen LogP contribution in [0.3, 0.4) is 0 Å². The van der Waals surface area contributed by atoms with Gasteiger partial charge in [-0.25, -0.2) is 4.98 Å². The average molecular weight is 231 g/mol. The van der Waals surface area contributed by atoms with Crippen molar-refractivity contribution < 1.29 is 0 Å². The highest BCUT2D eigenvalue weighted by molar-refractivity contribution is 6.30. The molecule has 80 valence electrons. The maximum absolute atomic E-state index is 6.02. The summed E-state index contributed by atoms with van der Waals surface area (Å²) < 4.78 is 0. The highest BCUT2D eigenvalue weighted by Gasteiger charge is 2.16. The van der Waals surface area contributed by atoms with E-state index in [1.165, 1.54) is 16.7 Å². The van der Waals surface area contributed by atoms with Crippen LogP contribution in [0.2, 0.25) is 5.02 Å². The molecule has 1 N–H and O–H groups in total. The Morgan fingerprint density at radius 2 is 2.25 bits per heavy atom. The topological polar surface area (TPSA) is 28.7 Å². The second-order valence-electron chi connectivity index (χ2n) is 3.98. The third-order valence-corrected chi connectivity index (χ3v) is 3.17. The highest BCUT2D eigenvalue weighted by atomic mass is 35.5. The van der Waals surface area contributed by atoms with Crippen molar-refractivity contribution in [1.29, 1.82) is 0 Å². The van der Waals surface area contributed by atoms with Gasteiger partial charge in [0, 0.05) is 5.02 Å². The van der Waals surface area contributed by atoms with Crippen molar-refractivity contribution in [1.82, 2.24) is 9.97 Å². The van der Waals surface area contributed by atoms with E-state index in [0.717, 1.165) is 23.6 Å². The Bertz CT molecular complexity index is 541. The molecular formula is C13H11ClN2. The van der Waals surface area contributed by atoms with Crippen molar-refractivity contribution in [2.45, 2.75) is 12.8 Å². The van der Waals surface area contributed by atoms with Crippen LogP contribution in [-0.4, -0.2) is 9.97 Å². The van der Waals surface area contributed by atoms with Crippen molar-refractivity contribution in [3.05, 3.63) is 52.6 Å². The Kier molecular flexibility index (Phi) is 2.29. The van der Waals surface area contributed by atoms with Gasteiger partial charge in [0.25, 0.3) is 0 Å². The second-order valence-corrected chi connectivity index (χ2v) is 4.41. The number of H-pyrrole nitrogens is 1. The largest absolute Gasteiger partial charge is 0.345 e. The van der Waals surface area contributed by atoms with Gasteiger partial charge < -0.3 is 4.98 Å². The zero-order valence-electron chi connectivity index (χ0n) is 8.70. The number of imidazole rings is 1. The van der Waals surface area contributed by atoms with Crippen LogP contribution < -0.4 is 0 Å². The molecule has 0 spiro atoms. The molecule has 1 heterocycles. The molecular weight excluding hydrogens is 220 g/mol. The van der Waals surface area contributed by atoms with Crippen LogP contribution in [0.4, 0.5) is 0 Å². The Morgan fingerprint density at radius 1 is 1.31 bits per heavy atom. The smallest absolute Gasteiger partial charge is 0.0924 e. The first-order valence-corrected chi connectivity index (χ1v) is 5.68. The molecule has 0 unspecified atom stereocenters. The molecule has 3 heteroatoms. The molecule has 0 aliphatic heterocycles. The van der Waals surface area contributed by atoms with Gasteiger partial charge in [-0.1, -0.05) is 17.7 Å². The lowest BCUT2D eigenvalue weighted by atomic mass is 10.1. The first kappa shape index (κ1) is 9.67. The summed E-state index contributed by atoms with van der Waals surface area (Å²) in [6, 6.07) is 6.12. The molecule has 1 aromatic heterocycles. The summed E-state index contributed by atoms with van der Waals surface area (Å²) in [6.07, 6.45) is 7.85. The van der Waals surface area contributed by atoms with Crippen LogP contribution >= 0.6 is 11.6 Å². The van der Waals surface area contributed by atoms with E-state index in [4.69, 9.17) is 11.6 Å². The lowest BCUT2D eigenvalue weighted by molar-refractivity contribution is 1.08. The second kappa shape index (κ2) is 3.80. The monoisotopic (exact) mass is 230 g/mol. The van der Waals surface area contributed by atoms with Crippen molar-refractivity contribution in [2.24, 2.45) is 0 Å². The van der Waals surface area contributed by atoms with Crippen LogP contribution in [0, 0.1) is 0 Å². The lowest BCUT2D eigenvalue weighted by Crippen LogP contribution is -1.80. The molecule has 1 aliphatic rings. The molecule has 3 rings (SSSR count). The van der Waals surface area contributed by atoms with E-state index in [1.54, 1.807) is 6.33 Å². The zero-order valence-corrected chi connectivity index (χ0v) is 9.46. The summed E-state index contributed by atoms with van der Waals surface area (Å²) in [4.78, 5) is 7.10. The Labute approximate surface area is 99.0 Å². The van der Waals surface area contributed by atoms with Crippen molar-refractivity contribution in [2.75, 3.05) is 0 Å². The molecule has 0 saturated carbocycles. The minimum absolute atomic E-state index is 0.802. The quantitative estimate of drug-likeness (QED) is 0.798. The minimum Gasteiger partial charge on any atom is -0.345 e. The summed E-state index contributed by atoms with van der Waals surface area (Å²) in [5, 5.41) is 0.802. The van der Waals surface area contributed by atoms with E-state index in [1.807, 2.05) is 18.3 Å². The van der Waals surface area contributed by atoms with E-state index in [-0.39, 0.29) is 0 Å². The van der Waals surface area contributed by atoms with Gasteiger partial charge in [0.1, 0.15) is 0 Å². The van der Waals surface area contributed by atoms with Gasteiger partial charge in [-0.2, -0.15) is 0 Å². The normalized spacial score (nSPS) is 16.7. The molecule has 1 aromatic carbocycles. The molecule has 16 heavy (non-hydrogen) atoms. The molecule has 2 nitrogen and oxygen atoms in total. The lowest BCUT2D eigenvalue weighted by Gasteiger charge is -2.01. The van der Waals surface area contributed by atoms with Crippen molar-refractivity contribution >= 4 is 23.3 Å². The fourth-order valence-corrected chi connectivity index (χ4v) is 2.32. The summed E-state index contributed by atoms with van der Waals surface area (Å²) in [5.41, 5.74) is 5.04. The van der Waals surface area contributed by atoms with Gasteiger partial charge in [0.2, 0.25) is 0 Å². The summed E-state index contributed by atoms with van der Waals surface area (Å²) in [7, 11) is 0. The number of rotatable bonds is 1.